The molecule has 17 heavy (non-hydrogen) atoms. The standard InChI is InChI=1S/C11H11N3O3/c15-8-5-14(17-7-8)11(16)9-6-13-4-2-1-3-10(13)12-9/h1-4,6,8,15H,5,7H2/t8-/m0/s1. The van der Waals surface area contributed by atoms with Gasteiger partial charge in [-0.05, 0) is 12.1 Å². The summed E-state index contributed by atoms with van der Waals surface area (Å²) < 4.78 is 1.76. The summed E-state index contributed by atoms with van der Waals surface area (Å²) in [5.41, 5.74) is 1.01. The molecule has 3 rings (SSSR count). The molecular formula is C11H11N3O3. The Labute approximate surface area is 97.0 Å². The fourth-order valence-electron chi connectivity index (χ4n) is 1.78. The molecule has 0 spiro atoms. The molecule has 1 aliphatic rings. The Morgan fingerprint density at radius 2 is 2.41 bits per heavy atom. The minimum absolute atomic E-state index is 0.152. The molecule has 1 aliphatic heterocycles. The maximum atomic E-state index is 12.0. The number of pyridine rings is 1. The summed E-state index contributed by atoms with van der Waals surface area (Å²) in [6, 6.07) is 5.53. The second-order valence-corrected chi connectivity index (χ2v) is 3.91. The normalized spacial score (nSPS) is 20.1. The van der Waals surface area contributed by atoms with Crippen molar-refractivity contribution in [1.82, 2.24) is 14.4 Å². The number of carbonyl (C=O) groups excluding carboxylic acids is 1. The van der Waals surface area contributed by atoms with E-state index in [1.807, 2.05) is 24.4 Å². The SMILES string of the molecule is O=C(c1cn2ccccc2n1)N1C[C@H](O)CO1. The van der Waals surface area contributed by atoms with Crippen molar-refractivity contribution in [3.63, 3.8) is 0 Å². The summed E-state index contributed by atoms with van der Waals surface area (Å²) in [5, 5.41) is 10.4. The first-order chi connectivity index (χ1) is 8.24. The Morgan fingerprint density at radius 1 is 1.53 bits per heavy atom. The molecule has 0 saturated carbocycles. The van der Waals surface area contributed by atoms with Crippen LogP contribution in [-0.2, 0) is 4.84 Å². The predicted molar refractivity (Wildman–Crippen MR) is 58.2 cm³/mol. The number of imidazole rings is 1. The van der Waals surface area contributed by atoms with Gasteiger partial charge >= 0.3 is 0 Å². The van der Waals surface area contributed by atoms with Crippen LogP contribution in [0, 0.1) is 0 Å². The second-order valence-electron chi connectivity index (χ2n) is 3.91. The average Bonchev–Trinajstić information content (AvgIpc) is 2.93. The lowest BCUT2D eigenvalue weighted by Gasteiger charge is -2.11. The van der Waals surface area contributed by atoms with Crippen molar-refractivity contribution in [3.8, 4) is 0 Å². The maximum Gasteiger partial charge on any atom is 0.297 e. The first-order valence-corrected chi connectivity index (χ1v) is 5.30. The summed E-state index contributed by atoms with van der Waals surface area (Å²) in [7, 11) is 0. The van der Waals surface area contributed by atoms with E-state index < -0.39 is 6.10 Å². The van der Waals surface area contributed by atoms with Gasteiger partial charge in [0.15, 0.2) is 0 Å². The summed E-state index contributed by atoms with van der Waals surface area (Å²) >= 11 is 0. The number of aliphatic hydroxyl groups is 1. The van der Waals surface area contributed by atoms with Gasteiger partial charge in [-0.2, -0.15) is 0 Å². The molecule has 1 atom stereocenters. The number of carbonyl (C=O) groups is 1. The zero-order valence-corrected chi connectivity index (χ0v) is 8.98. The van der Waals surface area contributed by atoms with Crippen LogP contribution in [0.4, 0.5) is 0 Å². The van der Waals surface area contributed by atoms with Crippen molar-refractivity contribution in [2.75, 3.05) is 13.2 Å². The van der Waals surface area contributed by atoms with Crippen molar-refractivity contribution in [3.05, 3.63) is 36.3 Å². The number of hydrogen-bond donors (Lipinski definition) is 1. The highest BCUT2D eigenvalue weighted by Gasteiger charge is 2.28. The van der Waals surface area contributed by atoms with Crippen molar-refractivity contribution in [1.29, 1.82) is 0 Å². The molecule has 0 radical (unpaired) electrons. The van der Waals surface area contributed by atoms with E-state index in [0.29, 0.717) is 11.3 Å². The molecule has 1 saturated heterocycles. The number of hydrogen-bond acceptors (Lipinski definition) is 4. The van der Waals surface area contributed by atoms with E-state index in [4.69, 9.17) is 4.84 Å². The number of hydroxylamine groups is 2. The molecule has 1 amide bonds. The lowest BCUT2D eigenvalue weighted by molar-refractivity contribution is -0.0782. The fraction of sp³-hybridized carbons (Fsp3) is 0.273. The molecule has 2 aromatic rings. The quantitative estimate of drug-likeness (QED) is 0.757. The highest BCUT2D eigenvalue weighted by atomic mass is 16.7. The highest BCUT2D eigenvalue weighted by Crippen LogP contribution is 2.12. The first kappa shape index (κ1) is 10.2. The van der Waals surface area contributed by atoms with Gasteiger partial charge in [0.1, 0.15) is 24.1 Å². The zero-order valence-electron chi connectivity index (χ0n) is 8.98. The molecule has 6 heteroatoms. The number of fused-ring (bicyclic) bond motifs is 1. The molecule has 0 aromatic carbocycles. The molecule has 1 fully saturated rings. The predicted octanol–water partition coefficient (Wildman–Crippen LogP) is 0.0826. The molecule has 6 nitrogen and oxygen atoms in total. The first-order valence-electron chi connectivity index (χ1n) is 5.30. The van der Waals surface area contributed by atoms with Crippen LogP contribution in [0.15, 0.2) is 30.6 Å². The van der Waals surface area contributed by atoms with Crippen LogP contribution in [0.5, 0.6) is 0 Å². The number of β-amino-alcohol motifs (C(OH)–C–C–N with tert-alkyl or cyclic N) is 1. The van der Waals surface area contributed by atoms with Crippen LogP contribution in [0.1, 0.15) is 10.5 Å². The van der Waals surface area contributed by atoms with E-state index in [1.54, 1.807) is 10.6 Å². The van der Waals surface area contributed by atoms with Crippen molar-refractivity contribution in [2.45, 2.75) is 6.10 Å². The van der Waals surface area contributed by atoms with Crippen molar-refractivity contribution in [2.24, 2.45) is 0 Å². The Morgan fingerprint density at radius 3 is 3.12 bits per heavy atom. The third kappa shape index (κ3) is 1.77. The lowest BCUT2D eigenvalue weighted by atomic mass is 10.4. The Balaban J connectivity index is 1.90. The summed E-state index contributed by atoms with van der Waals surface area (Å²) in [6.07, 6.45) is 2.85. The fourth-order valence-corrected chi connectivity index (χ4v) is 1.78. The maximum absolute atomic E-state index is 12.0. The van der Waals surface area contributed by atoms with E-state index in [2.05, 4.69) is 4.98 Å². The summed E-state index contributed by atoms with van der Waals surface area (Å²) in [6.45, 7) is 0.339. The molecule has 0 unspecified atom stereocenters. The number of rotatable bonds is 1. The monoisotopic (exact) mass is 233 g/mol. The van der Waals surface area contributed by atoms with Gasteiger partial charge in [-0.25, -0.2) is 10.0 Å². The average molecular weight is 233 g/mol. The molecule has 0 aliphatic carbocycles. The van der Waals surface area contributed by atoms with E-state index in [0.717, 1.165) is 5.06 Å². The van der Waals surface area contributed by atoms with Gasteiger partial charge in [0.2, 0.25) is 0 Å². The van der Waals surface area contributed by atoms with E-state index in [9.17, 15) is 9.90 Å². The topological polar surface area (TPSA) is 67.1 Å². The zero-order chi connectivity index (χ0) is 11.8. The number of nitrogens with zero attached hydrogens (tertiary/aromatic N) is 3. The molecule has 0 bridgehead atoms. The Kier molecular flexibility index (Phi) is 2.31. The van der Waals surface area contributed by atoms with Gasteiger partial charge < -0.3 is 9.51 Å². The van der Waals surface area contributed by atoms with Gasteiger partial charge in [-0.1, -0.05) is 6.07 Å². The van der Waals surface area contributed by atoms with Gasteiger partial charge in [0, 0.05) is 12.4 Å². The van der Waals surface area contributed by atoms with Gasteiger partial charge in [-0.15, -0.1) is 0 Å². The second kappa shape index (κ2) is 3.83. The van der Waals surface area contributed by atoms with E-state index in [-0.39, 0.29) is 19.1 Å². The highest BCUT2D eigenvalue weighted by molar-refractivity contribution is 5.92. The molecule has 88 valence electrons. The molecule has 2 aromatic heterocycles. The van der Waals surface area contributed by atoms with Crippen LogP contribution in [-0.4, -0.2) is 44.7 Å². The number of aromatic nitrogens is 2. The minimum Gasteiger partial charge on any atom is -0.389 e. The van der Waals surface area contributed by atoms with E-state index >= 15 is 0 Å². The Bertz CT molecular complexity index is 533. The molecular weight excluding hydrogens is 222 g/mol. The molecule has 1 N–H and O–H groups in total. The van der Waals surface area contributed by atoms with Crippen molar-refractivity contribution < 1.29 is 14.7 Å². The van der Waals surface area contributed by atoms with Gasteiger partial charge in [0.05, 0.1) is 6.54 Å². The van der Waals surface area contributed by atoms with Crippen LogP contribution >= 0.6 is 0 Å². The van der Waals surface area contributed by atoms with Crippen molar-refractivity contribution >= 4 is 11.6 Å². The molecule has 3 heterocycles. The third-order valence-corrected chi connectivity index (χ3v) is 2.61. The van der Waals surface area contributed by atoms with Gasteiger partial charge in [-0.3, -0.25) is 9.63 Å². The van der Waals surface area contributed by atoms with Crippen LogP contribution in [0.3, 0.4) is 0 Å². The van der Waals surface area contributed by atoms with Crippen LogP contribution < -0.4 is 0 Å². The van der Waals surface area contributed by atoms with Crippen LogP contribution in [0.2, 0.25) is 0 Å². The third-order valence-electron chi connectivity index (χ3n) is 2.61. The minimum atomic E-state index is -0.615. The number of amides is 1. The smallest absolute Gasteiger partial charge is 0.297 e. The van der Waals surface area contributed by atoms with E-state index in [1.165, 1.54) is 0 Å². The number of aliphatic hydroxyl groups excluding tert-OH is 1. The largest absolute Gasteiger partial charge is 0.389 e. The Hall–Kier alpha value is -1.92. The van der Waals surface area contributed by atoms with Gasteiger partial charge in [0.25, 0.3) is 5.91 Å². The van der Waals surface area contributed by atoms with Crippen LogP contribution in [0.25, 0.3) is 5.65 Å². The summed E-state index contributed by atoms with van der Waals surface area (Å²) in [5.74, 6) is -0.328. The summed E-state index contributed by atoms with van der Waals surface area (Å²) in [4.78, 5) is 21.2. The lowest BCUT2D eigenvalue weighted by Crippen LogP contribution is -2.28.